The number of hydrogen-bond donors (Lipinski definition) is 1. The van der Waals surface area contributed by atoms with Gasteiger partial charge in [0.2, 0.25) is 10.5 Å². The summed E-state index contributed by atoms with van der Waals surface area (Å²) in [4.78, 5) is 0. The van der Waals surface area contributed by atoms with E-state index in [4.69, 9.17) is 5.84 Å². The summed E-state index contributed by atoms with van der Waals surface area (Å²) in [5.74, 6) is 6.16. The molecule has 3 aromatic rings. The molecule has 22 heavy (non-hydrogen) atoms. The lowest BCUT2D eigenvalue weighted by atomic mass is 10.2. The van der Waals surface area contributed by atoms with E-state index in [1.54, 1.807) is 0 Å². The summed E-state index contributed by atoms with van der Waals surface area (Å²) in [6.45, 7) is 6.12. The van der Waals surface area contributed by atoms with E-state index in [1.807, 2.05) is 16.3 Å². The van der Waals surface area contributed by atoms with Crippen molar-refractivity contribution >= 4 is 27.2 Å². The fourth-order valence-electron chi connectivity index (χ4n) is 2.69. The Morgan fingerprint density at radius 2 is 1.77 bits per heavy atom. The number of thiazole rings is 1. The largest absolute Gasteiger partial charge is 0.311 e. The number of benzene rings is 2. The van der Waals surface area contributed by atoms with E-state index in [9.17, 15) is 0 Å². The van der Waals surface area contributed by atoms with Crippen molar-refractivity contribution in [3.05, 3.63) is 59.1 Å². The summed E-state index contributed by atoms with van der Waals surface area (Å²) < 4.78 is 3.74. The lowest BCUT2D eigenvalue weighted by Crippen LogP contribution is -2.39. The van der Waals surface area contributed by atoms with E-state index < -0.39 is 0 Å². The third-order valence-electron chi connectivity index (χ3n) is 3.94. The number of nitrogens with two attached hydrogens (primary N) is 1. The second-order valence-corrected chi connectivity index (χ2v) is 6.86. The van der Waals surface area contributed by atoms with Crippen molar-refractivity contribution in [3.8, 4) is 0 Å². The van der Waals surface area contributed by atoms with Gasteiger partial charge >= 0.3 is 0 Å². The molecule has 0 unspecified atom stereocenters. The number of aromatic nitrogens is 1. The number of hydrazine groups is 1. The Labute approximate surface area is 135 Å². The molecule has 0 amide bonds. The average Bonchev–Trinajstić information content (AvgIpc) is 2.84. The van der Waals surface area contributed by atoms with E-state index in [2.05, 4.69) is 66.9 Å². The van der Waals surface area contributed by atoms with Gasteiger partial charge < -0.3 is 5.01 Å². The molecule has 4 heteroatoms. The van der Waals surface area contributed by atoms with Crippen LogP contribution in [0, 0.1) is 13.8 Å². The van der Waals surface area contributed by atoms with Crippen molar-refractivity contribution in [1.82, 2.24) is 0 Å². The van der Waals surface area contributed by atoms with Crippen LogP contribution < -0.4 is 15.4 Å². The second kappa shape index (κ2) is 6.46. The number of aryl methyl sites for hydroxylation is 3. The number of hydrogen-bond acceptors (Lipinski definition) is 3. The van der Waals surface area contributed by atoms with Gasteiger partial charge in [-0.15, -0.1) is 0 Å². The van der Waals surface area contributed by atoms with Gasteiger partial charge in [0, 0.05) is 26.0 Å². The molecular formula is C18H22N3S+. The first-order valence-corrected chi connectivity index (χ1v) is 8.43. The third-order valence-corrected chi connectivity index (χ3v) is 5.02. The molecule has 0 aliphatic rings. The summed E-state index contributed by atoms with van der Waals surface area (Å²) in [7, 11) is 0. The molecule has 0 fully saturated rings. The number of para-hydroxylation sites is 1. The Kier molecular flexibility index (Phi) is 4.41. The minimum Gasteiger partial charge on any atom is -0.311 e. The van der Waals surface area contributed by atoms with Crippen LogP contribution in [0.1, 0.15) is 17.0 Å². The van der Waals surface area contributed by atoms with E-state index in [-0.39, 0.29) is 0 Å². The number of fused-ring (bicyclic) bond motifs is 1. The van der Waals surface area contributed by atoms with Crippen LogP contribution in [-0.2, 0) is 6.54 Å². The Morgan fingerprint density at radius 1 is 1.05 bits per heavy atom. The number of rotatable bonds is 5. The van der Waals surface area contributed by atoms with E-state index in [1.165, 1.54) is 20.8 Å². The highest BCUT2D eigenvalue weighted by Gasteiger charge is 2.16. The average molecular weight is 312 g/mol. The van der Waals surface area contributed by atoms with Crippen LogP contribution in [0.15, 0.2) is 48.5 Å². The molecule has 114 valence electrons. The Hall–Kier alpha value is -1.91. The lowest BCUT2D eigenvalue weighted by Gasteiger charge is -2.18. The van der Waals surface area contributed by atoms with Crippen molar-refractivity contribution in [2.45, 2.75) is 26.8 Å². The van der Waals surface area contributed by atoms with Crippen LogP contribution in [0.5, 0.6) is 0 Å². The molecule has 0 aliphatic carbocycles. The number of nitrogens with zero attached hydrogens (tertiary/aromatic N) is 2. The molecular weight excluding hydrogens is 290 g/mol. The Bertz CT molecular complexity index is 762. The van der Waals surface area contributed by atoms with Gasteiger partial charge in [0.1, 0.15) is 4.70 Å². The van der Waals surface area contributed by atoms with Gasteiger partial charge in [-0.2, -0.15) is 4.57 Å². The highest BCUT2D eigenvalue weighted by atomic mass is 32.1. The first-order valence-electron chi connectivity index (χ1n) is 7.62. The van der Waals surface area contributed by atoms with Crippen LogP contribution in [0.2, 0.25) is 0 Å². The van der Waals surface area contributed by atoms with Gasteiger partial charge in [0.15, 0.2) is 6.54 Å². The Morgan fingerprint density at radius 3 is 2.55 bits per heavy atom. The third kappa shape index (κ3) is 3.13. The zero-order chi connectivity index (χ0) is 15.5. The molecule has 1 aromatic heterocycles. The van der Waals surface area contributed by atoms with Gasteiger partial charge in [0.05, 0.1) is 5.69 Å². The lowest BCUT2D eigenvalue weighted by molar-refractivity contribution is -0.673. The SMILES string of the molecule is Cc1ccc(N(N)CCC[n+]2c(C)sc3ccccc32)cc1. The highest BCUT2D eigenvalue weighted by Crippen LogP contribution is 2.19. The van der Waals surface area contributed by atoms with Gasteiger partial charge in [0.25, 0.3) is 0 Å². The molecule has 3 nitrogen and oxygen atoms in total. The molecule has 3 rings (SSSR count). The minimum atomic E-state index is 0.847. The molecule has 0 aliphatic heterocycles. The molecule has 0 radical (unpaired) electrons. The maximum Gasteiger partial charge on any atom is 0.235 e. The fraction of sp³-hybridized carbons (Fsp3) is 0.278. The van der Waals surface area contributed by atoms with Crippen LogP contribution in [0.25, 0.3) is 10.2 Å². The minimum absolute atomic E-state index is 0.847. The van der Waals surface area contributed by atoms with Crippen LogP contribution >= 0.6 is 11.3 Å². The van der Waals surface area contributed by atoms with Crippen molar-refractivity contribution in [2.75, 3.05) is 11.6 Å². The second-order valence-electron chi connectivity index (χ2n) is 5.62. The maximum atomic E-state index is 6.16. The van der Waals surface area contributed by atoms with Crippen molar-refractivity contribution in [2.24, 2.45) is 5.84 Å². The number of anilines is 1. The molecule has 1 heterocycles. The maximum absolute atomic E-state index is 6.16. The molecule has 0 atom stereocenters. The van der Waals surface area contributed by atoms with Gasteiger partial charge in [-0.1, -0.05) is 41.2 Å². The summed E-state index contributed by atoms with van der Waals surface area (Å²) in [6, 6.07) is 16.9. The normalized spacial score (nSPS) is 11.0. The van der Waals surface area contributed by atoms with E-state index in [0.29, 0.717) is 0 Å². The van der Waals surface area contributed by atoms with Crippen molar-refractivity contribution in [1.29, 1.82) is 0 Å². The standard InChI is InChI=1S/C18H22N3S/c1-14-8-10-16(11-9-14)21(19)13-5-12-20-15(2)22-18-7-4-3-6-17(18)20/h3-4,6-11H,5,12-13,19H2,1-2H3/q+1. The first-order chi connectivity index (χ1) is 10.6. The summed E-state index contributed by atoms with van der Waals surface area (Å²) in [6.07, 6.45) is 1.02. The quantitative estimate of drug-likeness (QED) is 0.444. The summed E-state index contributed by atoms with van der Waals surface area (Å²) in [5, 5.41) is 3.18. The van der Waals surface area contributed by atoms with Crippen molar-refractivity contribution in [3.63, 3.8) is 0 Å². The highest BCUT2D eigenvalue weighted by molar-refractivity contribution is 7.18. The Balaban J connectivity index is 1.65. The van der Waals surface area contributed by atoms with Crippen LogP contribution in [0.3, 0.4) is 0 Å². The van der Waals surface area contributed by atoms with E-state index in [0.717, 1.165) is 25.2 Å². The van der Waals surface area contributed by atoms with Crippen molar-refractivity contribution < 1.29 is 4.57 Å². The topological polar surface area (TPSA) is 33.1 Å². The summed E-state index contributed by atoms with van der Waals surface area (Å²) in [5.41, 5.74) is 3.65. The first kappa shape index (κ1) is 15.0. The molecule has 2 N–H and O–H groups in total. The molecule has 0 saturated heterocycles. The molecule has 0 bridgehead atoms. The van der Waals surface area contributed by atoms with Gasteiger partial charge in [-0.05, 0) is 25.1 Å². The van der Waals surface area contributed by atoms with Gasteiger partial charge in [-0.25, -0.2) is 5.84 Å². The molecule has 0 saturated carbocycles. The fourth-order valence-corrected chi connectivity index (χ4v) is 3.74. The van der Waals surface area contributed by atoms with E-state index >= 15 is 0 Å². The smallest absolute Gasteiger partial charge is 0.235 e. The molecule has 2 aromatic carbocycles. The predicted octanol–water partition coefficient (Wildman–Crippen LogP) is 3.58. The van der Waals surface area contributed by atoms with Gasteiger partial charge in [-0.3, -0.25) is 0 Å². The predicted molar refractivity (Wildman–Crippen MR) is 94.1 cm³/mol. The summed E-state index contributed by atoms with van der Waals surface area (Å²) >= 11 is 1.85. The monoisotopic (exact) mass is 312 g/mol. The van der Waals surface area contributed by atoms with Crippen LogP contribution in [0.4, 0.5) is 5.69 Å². The molecule has 0 spiro atoms. The van der Waals surface area contributed by atoms with Crippen LogP contribution in [-0.4, -0.2) is 6.54 Å². The zero-order valence-electron chi connectivity index (χ0n) is 13.1. The zero-order valence-corrected chi connectivity index (χ0v) is 13.9.